The molecule has 11 rings (SSSR count). The number of nitrogens with zero attached hydrogens (tertiary/aromatic N) is 2. The lowest BCUT2D eigenvalue weighted by molar-refractivity contribution is 0.826. The second-order valence-electron chi connectivity index (χ2n) is 13.7. The Balaban J connectivity index is 1.16. The number of allylic oxidation sites excluding steroid dienone is 1. The molecule has 0 saturated carbocycles. The highest BCUT2D eigenvalue weighted by Crippen LogP contribution is 2.49. The predicted molar refractivity (Wildman–Crippen MR) is 218 cm³/mol. The minimum atomic E-state index is 0.292. The lowest BCUT2D eigenvalue weighted by atomic mass is 9.85. The van der Waals surface area contributed by atoms with Gasteiger partial charge >= 0.3 is 0 Å². The van der Waals surface area contributed by atoms with Crippen LogP contribution in [-0.4, -0.2) is 9.13 Å². The average molecular weight is 669 g/mol. The summed E-state index contributed by atoms with van der Waals surface area (Å²) in [6, 6.07) is 62.4. The van der Waals surface area contributed by atoms with Gasteiger partial charge in [-0.15, -0.1) is 11.3 Å². The average Bonchev–Trinajstić information content (AvgIpc) is 3.86. The van der Waals surface area contributed by atoms with Crippen molar-refractivity contribution < 1.29 is 0 Å². The summed E-state index contributed by atoms with van der Waals surface area (Å²) in [5.41, 5.74) is 12.7. The molecular weight excluding hydrogens is 637 g/mol. The van der Waals surface area contributed by atoms with Crippen LogP contribution < -0.4 is 0 Å². The first-order valence-corrected chi connectivity index (χ1v) is 18.5. The fourth-order valence-electron chi connectivity index (χ4n) is 8.69. The number of fused-ring (bicyclic) bond motifs is 9. The molecule has 240 valence electrons. The summed E-state index contributed by atoms with van der Waals surface area (Å²) in [5.74, 6) is 0.292. The van der Waals surface area contributed by atoms with Gasteiger partial charge in [0.2, 0.25) is 0 Å². The van der Waals surface area contributed by atoms with E-state index in [0.717, 1.165) is 6.42 Å². The second-order valence-corrected chi connectivity index (χ2v) is 14.7. The van der Waals surface area contributed by atoms with Gasteiger partial charge in [-0.1, -0.05) is 127 Å². The fourth-order valence-corrected chi connectivity index (χ4v) is 10.0. The molecule has 0 N–H and O–H groups in total. The third-order valence-electron chi connectivity index (χ3n) is 10.9. The van der Waals surface area contributed by atoms with Crippen LogP contribution in [-0.2, 0) is 0 Å². The third kappa shape index (κ3) is 4.28. The first-order chi connectivity index (χ1) is 25.3. The van der Waals surface area contributed by atoms with Crippen molar-refractivity contribution in [3.05, 3.63) is 186 Å². The maximum Gasteiger partial charge on any atom is 0.0547 e. The Hall–Kier alpha value is -6.16. The molecule has 3 heteroatoms. The largest absolute Gasteiger partial charge is 0.313 e. The van der Waals surface area contributed by atoms with Crippen molar-refractivity contribution in [2.75, 3.05) is 0 Å². The molecule has 1 atom stereocenters. The number of aromatic nitrogens is 2. The van der Waals surface area contributed by atoms with Gasteiger partial charge < -0.3 is 9.13 Å². The summed E-state index contributed by atoms with van der Waals surface area (Å²) in [6.07, 6.45) is 3.42. The van der Waals surface area contributed by atoms with Gasteiger partial charge in [-0.05, 0) is 77.2 Å². The van der Waals surface area contributed by atoms with Crippen LogP contribution in [0.5, 0.6) is 0 Å². The third-order valence-corrected chi connectivity index (χ3v) is 12.2. The molecule has 2 nitrogen and oxygen atoms in total. The Morgan fingerprint density at radius 2 is 1.14 bits per heavy atom. The zero-order chi connectivity index (χ0) is 33.5. The van der Waals surface area contributed by atoms with Gasteiger partial charge in [0.15, 0.2) is 0 Å². The molecule has 0 radical (unpaired) electrons. The van der Waals surface area contributed by atoms with E-state index in [4.69, 9.17) is 0 Å². The van der Waals surface area contributed by atoms with Gasteiger partial charge in [0.25, 0.3) is 0 Å². The summed E-state index contributed by atoms with van der Waals surface area (Å²) >= 11 is 1.95. The summed E-state index contributed by atoms with van der Waals surface area (Å²) < 4.78 is 6.32. The van der Waals surface area contributed by atoms with Crippen LogP contribution in [0.25, 0.3) is 82.3 Å². The molecule has 10 aromatic rings. The minimum Gasteiger partial charge on any atom is -0.313 e. The highest BCUT2D eigenvalue weighted by atomic mass is 32.1. The summed E-state index contributed by atoms with van der Waals surface area (Å²) in [4.78, 5) is 1.47. The van der Waals surface area contributed by atoms with E-state index >= 15 is 0 Å². The lowest BCUT2D eigenvalue weighted by Gasteiger charge is -2.25. The highest BCUT2D eigenvalue weighted by Gasteiger charge is 2.29. The van der Waals surface area contributed by atoms with Gasteiger partial charge in [0, 0.05) is 53.8 Å². The van der Waals surface area contributed by atoms with Crippen molar-refractivity contribution in [2.24, 2.45) is 0 Å². The number of thiophene rings is 1. The van der Waals surface area contributed by atoms with Crippen molar-refractivity contribution in [1.82, 2.24) is 9.13 Å². The Bertz CT molecular complexity index is 2990. The number of hydrogen-bond donors (Lipinski definition) is 0. The van der Waals surface area contributed by atoms with Crippen molar-refractivity contribution in [3.8, 4) is 16.8 Å². The Morgan fingerprint density at radius 1 is 0.490 bits per heavy atom. The van der Waals surface area contributed by atoms with Crippen molar-refractivity contribution in [3.63, 3.8) is 0 Å². The zero-order valence-electron chi connectivity index (χ0n) is 27.8. The molecule has 1 aliphatic carbocycles. The zero-order valence-corrected chi connectivity index (χ0v) is 28.6. The first-order valence-electron chi connectivity index (χ1n) is 17.7. The molecule has 0 bridgehead atoms. The van der Waals surface area contributed by atoms with Crippen LogP contribution in [0, 0.1) is 0 Å². The number of rotatable bonds is 4. The topological polar surface area (TPSA) is 9.86 Å². The molecule has 51 heavy (non-hydrogen) atoms. The van der Waals surface area contributed by atoms with Crippen molar-refractivity contribution >= 4 is 76.8 Å². The van der Waals surface area contributed by atoms with Gasteiger partial charge in [-0.25, -0.2) is 0 Å². The summed E-state index contributed by atoms with van der Waals surface area (Å²) in [6.45, 7) is 0. The van der Waals surface area contributed by atoms with Gasteiger partial charge in [0.05, 0.1) is 22.1 Å². The lowest BCUT2D eigenvalue weighted by Crippen LogP contribution is -2.10. The van der Waals surface area contributed by atoms with E-state index in [1.165, 1.54) is 92.2 Å². The monoisotopic (exact) mass is 668 g/mol. The van der Waals surface area contributed by atoms with Crippen molar-refractivity contribution in [1.29, 1.82) is 0 Å². The number of para-hydroxylation sites is 3. The summed E-state index contributed by atoms with van der Waals surface area (Å²) in [5, 5.41) is 6.47. The smallest absolute Gasteiger partial charge is 0.0547 e. The van der Waals surface area contributed by atoms with E-state index in [2.05, 4.69) is 185 Å². The van der Waals surface area contributed by atoms with E-state index in [1.807, 2.05) is 11.3 Å². The van der Waals surface area contributed by atoms with Crippen LogP contribution >= 0.6 is 11.3 Å². The first kappa shape index (κ1) is 28.7. The molecule has 0 amide bonds. The standard InChI is InChI=1S/C48H32N2S/c1-3-14-31(15-4-1)40-29-34(30-41-38-19-9-12-25-46(38)51-48(40)41)50-43-23-11-8-20-39(43)47-35(21-13-24-44(47)50)32-26-27-37-36-18-7-10-22-42(36)49(45(37)28-32)33-16-5-2-6-17-33/h1-28,30,40H,29H2. The van der Waals surface area contributed by atoms with Crippen LogP contribution in [0.1, 0.15) is 28.3 Å². The van der Waals surface area contributed by atoms with E-state index in [1.54, 1.807) is 0 Å². The molecule has 3 aromatic heterocycles. The molecule has 0 aliphatic heterocycles. The molecule has 0 saturated heterocycles. The van der Waals surface area contributed by atoms with Gasteiger partial charge in [-0.3, -0.25) is 0 Å². The SMILES string of the molecule is C1=C(n2c3ccccc3c3c(-c4ccc5c6ccccc6n(-c6ccccc6)c5c4)cccc32)CC(c2ccccc2)c2sc3ccccc3c21. The van der Waals surface area contributed by atoms with Crippen LogP contribution in [0.4, 0.5) is 0 Å². The molecule has 1 unspecified atom stereocenters. The molecule has 1 aliphatic rings. The normalized spacial score (nSPS) is 14.5. The van der Waals surface area contributed by atoms with E-state index in [-0.39, 0.29) is 0 Å². The number of hydrogen-bond acceptors (Lipinski definition) is 1. The molecule has 3 heterocycles. The van der Waals surface area contributed by atoms with Crippen molar-refractivity contribution in [2.45, 2.75) is 12.3 Å². The van der Waals surface area contributed by atoms with E-state index in [9.17, 15) is 0 Å². The Labute approximate surface area is 299 Å². The predicted octanol–water partition coefficient (Wildman–Crippen LogP) is 13.3. The van der Waals surface area contributed by atoms with Crippen LogP contribution in [0.2, 0.25) is 0 Å². The van der Waals surface area contributed by atoms with E-state index < -0.39 is 0 Å². The van der Waals surface area contributed by atoms with E-state index in [0.29, 0.717) is 5.92 Å². The summed E-state index contributed by atoms with van der Waals surface area (Å²) in [7, 11) is 0. The minimum absolute atomic E-state index is 0.292. The molecule has 0 spiro atoms. The van der Waals surface area contributed by atoms with Gasteiger partial charge in [-0.2, -0.15) is 0 Å². The van der Waals surface area contributed by atoms with Crippen LogP contribution in [0.3, 0.4) is 0 Å². The highest BCUT2D eigenvalue weighted by molar-refractivity contribution is 7.19. The maximum atomic E-state index is 2.55. The van der Waals surface area contributed by atoms with Gasteiger partial charge in [0.1, 0.15) is 0 Å². The second kappa shape index (κ2) is 11.2. The number of benzene rings is 7. The molecule has 7 aromatic carbocycles. The molecule has 0 fully saturated rings. The fraction of sp³-hybridized carbons (Fsp3) is 0.0417. The Morgan fingerprint density at radius 3 is 1.96 bits per heavy atom. The van der Waals surface area contributed by atoms with Crippen LogP contribution in [0.15, 0.2) is 170 Å². The maximum absolute atomic E-state index is 2.55. The quantitative estimate of drug-likeness (QED) is 0.177. The Kier molecular flexibility index (Phi) is 6.28. The molecular formula is C48H32N2S.